The van der Waals surface area contributed by atoms with E-state index < -0.39 is 16.0 Å². The molecule has 1 aromatic heterocycles. The van der Waals surface area contributed by atoms with Gasteiger partial charge in [-0.3, -0.25) is 4.72 Å². The van der Waals surface area contributed by atoms with Crippen molar-refractivity contribution in [1.29, 1.82) is 0 Å². The molecule has 100 valence electrons. The average Bonchev–Trinajstić information content (AvgIpc) is 2.85. The maximum atomic E-state index is 11.9. The monoisotopic (exact) mass is 317 g/mol. The summed E-state index contributed by atoms with van der Waals surface area (Å²) >= 11 is 6.78. The van der Waals surface area contributed by atoms with Gasteiger partial charge in [0.05, 0.1) is 10.6 Å². The SMILES string of the molecule is O=C(O)c1cc(NS(=O)(=O)c2cccs2)ccc1Cl. The van der Waals surface area contributed by atoms with Crippen molar-refractivity contribution in [2.75, 3.05) is 4.72 Å². The van der Waals surface area contributed by atoms with Crippen molar-refractivity contribution in [1.82, 2.24) is 0 Å². The first-order valence-corrected chi connectivity index (χ1v) is 7.73. The van der Waals surface area contributed by atoms with Crippen LogP contribution in [0.2, 0.25) is 5.02 Å². The summed E-state index contributed by atoms with van der Waals surface area (Å²) in [6, 6.07) is 6.98. The summed E-state index contributed by atoms with van der Waals surface area (Å²) in [6.07, 6.45) is 0. The highest BCUT2D eigenvalue weighted by atomic mass is 35.5. The Hall–Kier alpha value is -1.57. The van der Waals surface area contributed by atoms with Crippen LogP contribution in [0.1, 0.15) is 10.4 Å². The lowest BCUT2D eigenvalue weighted by atomic mass is 10.2. The number of hydrogen-bond donors (Lipinski definition) is 2. The van der Waals surface area contributed by atoms with Crippen LogP contribution in [0.25, 0.3) is 0 Å². The zero-order chi connectivity index (χ0) is 14.0. The summed E-state index contributed by atoms with van der Waals surface area (Å²) in [4.78, 5) is 10.9. The number of carbonyl (C=O) groups is 1. The van der Waals surface area contributed by atoms with Crippen LogP contribution in [0.15, 0.2) is 39.9 Å². The van der Waals surface area contributed by atoms with Gasteiger partial charge in [-0.15, -0.1) is 11.3 Å². The van der Waals surface area contributed by atoms with E-state index in [4.69, 9.17) is 16.7 Å². The Labute approximate surface area is 118 Å². The van der Waals surface area contributed by atoms with E-state index in [-0.39, 0.29) is 20.5 Å². The molecular formula is C11H8ClNO4S2. The summed E-state index contributed by atoms with van der Waals surface area (Å²) in [5.41, 5.74) is -0.0109. The molecule has 19 heavy (non-hydrogen) atoms. The largest absolute Gasteiger partial charge is 0.478 e. The molecular weight excluding hydrogens is 310 g/mol. The standard InChI is InChI=1S/C11H8ClNO4S2/c12-9-4-3-7(6-8(9)11(14)15)13-19(16,17)10-2-1-5-18-10/h1-6,13H,(H,14,15). The van der Waals surface area contributed by atoms with Crippen molar-refractivity contribution >= 4 is 44.6 Å². The molecule has 2 aromatic rings. The van der Waals surface area contributed by atoms with Crippen molar-refractivity contribution in [3.63, 3.8) is 0 Å². The van der Waals surface area contributed by atoms with Crippen molar-refractivity contribution in [3.8, 4) is 0 Å². The summed E-state index contributed by atoms with van der Waals surface area (Å²) in [5, 5.41) is 10.6. The second kappa shape index (κ2) is 5.20. The third-order valence-corrected chi connectivity index (χ3v) is 5.32. The molecule has 0 radical (unpaired) electrons. The molecule has 0 aliphatic carbocycles. The number of carboxylic acid groups (broad SMARTS) is 1. The molecule has 0 unspecified atom stereocenters. The van der Waals surface area contributed by atoms with E-state index in [9.17, 15) is 13.2 Å². The van der Waals surface area contributed by atoms with Crippen molar-refractivity contribution in [2.24, 2.45) is 0 Å². The van der Waals surface area contributed by atoms with E-state index in [1.807, 2.05) is 0 Å². The third kappa shape index (κ3) is 3.06. The number of thiophene rings is 1. The number of sulfonamides is 1. The van der Waals surface area contributed by atoms with Crippen LogP contribution in [0, 0.1) is 0 Å². The highest BCUT2D eigenvalue weighted by Gasteiger charge is 2.17. The normalized spacial score (nSPS) is 11.2. The van der Waals surface area contributed by atoms with Gasteiger partial charge >= 0.3 is 5.97 Å². The maximum absolute atomic E-state index is 11.9. The highest BCUT2D eigenvalue weighted by molar-refractivity contribution is 7.94. The number of aromatic carboxylic acids is 1. The molecule has 0 saturated carbocycles. The van der Waals surface area contributed by atoms with E-state index in [2.05, 4.69) is 4.72 Å². The van der Waals surface area contributed by atoms with Crippen LogP contribution < -0.4 is 4.72 Å². The quantitative estimate of drug-likeness (QED) is 0.908. The molecule has 0 aliphatic heterocycles. The zero-order valence-electron chi connectivity index (χ0n) is 9.33. The van der Waals surface area contributed by atoms with Gasteiger partial charge in [0.25, 0.3) is 10.0 Å². The molecule has 1 aromatic carbocycles. The van der Waals surface area contributed by atoms with Crippen LogP contribution in [-0.4, -0.2) is 19.5 Å². The fourth-order valence-electron chi connectivity index (χ4n) is 1.37. The number of hydrogen-bond acceptors (Lipinski definition) is 4. The highest BCUT2D eigenvalue weighted by Crippen LogP contribution is 2.24. The molecule has 2 rings (SSSR count). The van der Waals surface area contributed by atoms with Crippen molar-refractivity contribution in [2.45, 2.75) is 4.21 Å². The number of rotatable bonds is 4. The Bertz CT molecular complexity index is 710. The second-order valence-corrected chi connectivity index (χ2v) is 6.80. The molecule has 2 N–H and O–H groups in total. The first-order chi connectivity index (χ1) is 8.90. The van der Waals surface area contributed by atoms with E-state index >= 15 is 0 Å². The van der Waals surface area contributed by atoms with Crippen LogP contribution in [-0.2, 0) is 10.0 Å². The Morgan fingerprint density at radius 3 is 2.63 bits per heavy atom. The number of nitrogens with one attached hydrogen (secondary N) is 1. The van der Waals surface area contributed by atoms with Crippen molar-refractivity contribution < 1.29 is 18.3 Å². The molecule has 0 amide bonds. The Kier molecular flexibility index (Phi) is 3.79. The van der Waals surface area contributed by atoms with Gasteiger partial charge in [0, 0.05) is 5.69 Å². The minimum atomic E-state index is -3.69. The van der Waals surface area contributed by atoms with Gasteiger partial charge < -0.3 is 5.11 Å². The minimum absolute atomic E-state index is 0.0478. The first kappa shape index (κ1) is 13.9. The zero-order valence-corrected chi connectivity index (χ0v) is 11.7. The van der Waals surface area contributed by atoms with Crippen LogP contribution in [0.5, 0.6) is 0 Å². The van der Waals surface area contributed by atoms with Crippen molar-refractivity contribution in [3.05, 3.63) is 46.3 Å². The fraction of sp³-hybridized carbons (Fsp3) is 0. The molecule has 1 heterocycles. The van der Waals surface area contributed by atoms with Gasteiger partial charge in [-0.2, -0.15) is 0 Å². The lowest BCUT2D eigenvalue weighted by molar-refractivity contribution is 0.0697. The lowest BCUT2D eigenvalue weighted by Crippen LogP contribution is -2.12. The lowest BCUT2D eigenvalue weighted by Gasteiger charge is -2.07. The number of halogens is 1. The Morgan fingerprint density at radius 2 is 2.05 bits per heavy atom. The van der Waals surface area contributed by atoms with Crippen LogP contribution in [0.4, 0.5) is 5.69 Å². The smallest absolute Gasteiger partial charge is 0.337 e. The molecule has 0 atom stereocenters. The second-order valence-electron chi connectivity index (χ2n) is 3.54. The van der Waals surface area contributed by atoms with Crippen LogP contribution >= 0.6 is 22.9 Å². The van der Waals surface area contributed by atoms with Gasteiger partial charge in [-0.25, -0.2) is 13.2 Å². The predicted molar refractivity (Wildman–Crippen MR) is 73.5 cm³/mol. The maximum Gasteiger partial charge on any atom is 0.337 e. The molecule has 8 heteroatoms. The van der Waals surface area contributed by atoms with Gasteiger partial charge in [0.2, 0.25) is 0 Å². The minimum Gasteiger partial charge on any atom is -0.478 e. The van der Waals surface area contributed by atoms with E-state index in [1.165, 1.54) is 24.3 Å². The van der Waals surface area contributed by atoms with E-state index in [1.54, 1.807) is 11.4 Å². The predicted octanol–water partition coefficient (Wildman–Crippen LogP) is 2.90. The van der Waals surface area contributed by atoms with E-state index in [0.717, 1.165) is 11.3 Å². The van der Waals surface area contributed by atoms with Gasteiger partial charge in [-0.1, -0.05) is 17.7 Å². The molecule has 0 aliphatic rings. The van der Waals surface area contributed by atoms with Gasteiger partial charge in [0.1, 0.15) is 4.21 Å². The van der Waals surface area contributed by atoms with Crippen LogP contribution in [0.3, 0.4) is 0 Å². The topological polar surface area (TPSA) is 83.5 Å². The molecule has 0 fully saturated rings. The fourth-order valence-corrected chi connectivity index (χ4v) is 3.62. The summed E-state index contributed by atoms with van der Waals surface area (Å²) in [5.74, 6) is -1.22. The molecule has 0 spiro atoms. The molecule has 0 bridgehead atoms. The number of benzene rings is 1. The number of anilines is 1. The number of carboxylic acids is 1. The summed E-state index contributed by atoms with van der Waals surface area (Å²) in [7, 11) is -3.69. The molecule has 5 nitrogen and oxygen atoms in total. The summed E-state index contributed by atoms with van der Waals surface area (Å²) in [6.45, 7) is 0. The Morgan fingerprint density at radius 1 is 1.32 bits per heavy atom. The average molecular weight is 318 g/mol. The molecule has 0 saturated heterocycles. The third-order valence-electron chi connectivity index (χ3n) is 2.21. The van der Waals surface area contributed by atoms with Gasteiger partial charge in [-0.05, 0) is 29.6 Å². The Balaban J connectivity index is 2.35. The first-order valence-electron chi connectivity index (χ1n) is 4.99. The van der Waals surface area contributed by atoms with E-state index in [0.29, 0.717) is 0 Å². The van der Waals surface area contributed by atoms with Gasteiger partial charge in [0.15, 0.2) is 0 Å². The summed E-state index contributed by atoms with van der Waals surface area (Å²) < 4.78 is 26.4.